The van der Waals surface area contributed by atoms with Crippen molar-refractivity contribution in [2.75, 3.05) is 7.11 Å². The van der Waals surface area contributed by atoms with Crippen LogP contribution < -0.4 is 10.5 Å². The normalized spacial score (nSPS) is 10.3. The third kappa shape index (κ3) is 2.38. The molecule has 0 aliphatic heterocycles. The van der Waals surface area contributed by atoms with E-state index in [1.54, 1.807) is 0 Å². The Kier molecular flexibility index (Phi) is 3.66. The molecule has 0 heterocycles. The summed E-state index contributed by atoms with van der Waals surface area (Å²) in [6, 6.07) is 2.94. The predicted molar refractivity (Wildman–Crippen MR) is 58.3 cm³/mol. The molecule has 0 fully saturated rings. The first-order chi connectivity index (χ1) is 7.60. The molecule has 0 aromatic heterocycles. The molecule has 0 bridgehead atoms. The van der Waals surface area contributed by atoms with E-state index in [1.807, 2.05) is 0 Å². The lowest BCUT2D eigenvalue weighted by Crippen LogP contribution is -2.05. The van der Waals surface area contributed by atoms with Gasteiger partial charge in [-0.2, -0.15) is 0 Å². The van der Waals surface area contributed by atoms with E-state index in [0.29, 0.717) is 6.29 Å². The van der Waals surface area contributed by atoms with Gasteiger partial charge in [0.05, 0.1) is 7.11 Å². The van der Waals surface area contributed by atoms with Crippen LogP contribution in [0.5, 0.6) is 11.5 Å². The van der Waals surface area contributed by atoms with Gasteiger partial charge in [0, 0.05) is 17.2 Å². The minimum absolute atomic E-state index is 0.202. The lowest BCUT2D eigenvalue weighted by atomic mass is 10.1. The summed E-state index contributed by atoms with van der Waals surface area (Å²) in [5, 5.41) is 9.73. The van der Waals surface area contributed by atoms with Crippen molar-refractivity contribution in [2.24, 2.45) is 5.73 Å². The predicted octanol–water partition coefficient (Wildman–Crippen LogP) is 0.712. The van der Waals surface area contributed by atoms with Crippen LogP contribution in [-0.2, 0) is 4.79 Å². The summed E-state index contributed by atoms with van der Waals surface area (Å²) in [4.78, 5) is 21.3. The quantitative estimate of drug-likeness (QED) is 0.578. The molecule has 0 spiro atoms. The number of phenolic OH excluding ortho intramolecular Hbond substituents is 1. The Hall–Kier alpha value is -2.30. The van der Waals surface area contributed by atoms with Gasteiger partial charge in [-0.25, -0.2) is 0 Å². The van der Waals surface area contributed by atoms with E-state index in [4.69, 9.17) is 10.5 Å². The number of phenols is 1. The fourth-order valence-corrected chi connectivity index (χ4v) is 1.21. The largest absolute Gasteiger partial charge is 0.504 e. The summed E-state index contributed by atoms with van der Waals surface area (Å²) in [6.45, 7) is 0. The van der Waals surface area contributed by atoms with Gasteiger partial charge < -0.3 is 15.6 Å². The van der Waals surface area contributed by atoms with Crippen LogP contribution in [0.25, 0.3) is 6.08 Å². The van der Waals surface area contributed by atoms with Gasteiger partial charge in [-0.05, 0) is 18.2 Å². The van der Waals surface area contributed by atoms with Crippen LogP contribution in [0.3, 0.4) is 0 Å². The summed E-state index contributed by atoms with van der Waals surface area (Å²) in [6.07, 6.45) is 2.89. The first kappa shape index (κ1) is 11.8. The maximum Gasteiger partial charge on any atom is 0.241 e. The Morgan fingerprint density at radius 2 is 2.19 bits per heavy atom. The summed E-state index contributed by atoms with van der Waals surface area (Å²) < 4.78 is 4.88. The molecule has 1 rings (SSSR count). The molecule has 0 saturated carbocycles. The van der Waals surface area contributed by atoms with Crippen LogP contribution in [-0.4, -0.2) is 24.4 Å². The fourth-order valence-electron chi connectivity index (χ4n) is 1.21. The zero-order valence-corrected chi connectivity index (χ0v) is 8.64. The van der Waals surface area contributed by atoms with Crippen molar-refractivity contribution in [1.82, 2.24) is 0 Å². The average molecular weight is 221 g/mol. The Bertz CT molecular complexity index is 452. The summed E-state index contributed by atoms with van der Waals surface area (Å²) in [5.74, 6) is -0.654. The third-order valence-corrected chi connectivity index (χ3v) is 1.97. The highest BCUT2D eigenvalue weighted by atomic mass is 16.5. The highest BCUT2D eigenvalue weighted by molar-refractivity contribution is 5.93. The standard InChI is InChI=1S/C11H11NO4/c1-16-9-4-2-7(6-13)8(11(9)15)3-5-10(12)14/h2-6,15H,1H3,(H2,12,14). The topological polar surface area (TPSA) is 89.6 Å². The molecule has 3 N–H and O–H groups in total. The molecule has 0 saturated heterocycles. The molecule has 0 radical (unpaired) electrons. The summed E-state index contributed by atoms with van der Waals surface area (Å²) in [7, 11) is 1.39. The molecule has 0 atom stereocenters. The molecule has 16 heavy (non-hydrogen) atoms. The maximum absolute atomic E-state index is 10.7. The number of rotatable bonds is 4. The van der Waals surface area contributed by atoms with Gasteiger partial charge in [0.25, 0.3) is 0 Å². The Morgan fingerprint density at radius 3 is 2.69 bits per heavy atom. The van der Waals surface area contributed by atoms with Gasteiger partial charge in [-0.1, -0.05) is 0 Å². The van der Waals surface area contributed by atoms with Crippen molar-refractivity contribution in [2.45, 2.75) is 0 Å². The van der Waals surface area contributed by atoms with Gasteiger partial charge >= 0.3 is 0 Å². The number of methoxy groups -OCH3 is 1. The number of hydrogen-bond acceptors (Lipinski definition) is 4. The fraction of sp³-hybridized carbons (Fsp3) is 0.0909. The SMILES string of the molecule is COc1ccc(C=O)c(C=CC(N)=O)c1O. The lowest BCUT2D eigenvalue weighted by molar-refractivity contribution is -0.113. The van der Waals surface area contributed by atoms with Crippen molar-refractivity contribution < 1.29 is 19.4 Å². The smallest absolute Gasteiger partial charge is 0.241 e. The zero-order valence-electron chi connectivity index (χ0n) is 8.64. The molecule has 5 nitrogen and oxygen atoms in total. The van der Waals surface area contributed by atoms with Crippen LogP contribution in [0.15, 0.2) is 18.2 Å². The van der Waals surface area contributed by atoms with Gasteiger partial charge in [-0.3, -0.25) is 9.59 Å². The Balaban J connectivity index is 3.31. The maximum atomic E-state index is 10.7. The second-order valence-electron chi connectivity index (χ2n) is 2.97. The van der Waals surface area contributed by atoms with E-state index in [2.05, 4.69) is 0 Å². The Labute approximate surface area is 92.1 Å². The van der Waals surface area contributed by atoms with E-state index in [-0.39, 0.29) is 22.6 Å². The number of aromatic hydroxyl groups is 1. The minimum Gasteiger partial charge on any atom is -0.504 e. The molecule has 1 aromatic carbocycles. The van der Waals surface area contributed by atoms with Gasteiger partial charge in [-0.15, -0.1) is 0 Å². The molecule has 0 aliphatic carbocycles. The zero-order chi connectivity index (χ0) is 12.1. The number of primary amides is 1. The van der Waals surface area contributed by atoms with Crippen molar-refractivity contribution in [3.63, 3.8) is 0 Å². The van der Waals surface area contributed by atoms with Crippen molar-refractivity contribution in [1.29, 1.82) is 0 Å². The molecule has 1 amide bonds. The van der Waals surface area contributed by atoms with E-state index < -0.39 is 5.91 Å². The van der Waals surface area contributed by atoms with E-state index >= 15 is 0 Å². The number of carbonyl (C=O) groups excluding carboxylic acids is 2. The van der Waals surface area contributed by atoms with Gasteiger partial charge in [0.15, 0.2) is 17.8 Å². The second-order valence-corrected chi connectivity index (χ2v) is 2.97. The summed E-state index contributed by atoms with van der Waals surface area (Å²) in [5.41, 5.74) is 5.37. The molecule has 5 heteroatoms. The second kappa shape index (κ2) is 4.97. The van der Waals surface area contributed by atoms with Crippen LogP contribution in [0.1, 0.15) is 15.9 Å². The van der Waals surface area contributed by atoms with E-state index in [1.165, 1.54) is 25.3 Å². The lowest BCUT2D eigenvalue weighted by Gasteiger charge is -2.07. The van der Waals surface area contributed by atoms with Crippen LogP contribution in [0.2, 0.25) is 0 Å². The van der Waals surface area contributed by atoms with Crippen LogP contribution in [0.4, 0.5) is 0 Å². The number of benzene rings is 1. The first-order valence-corrected chi connectivity index (χ1v) is 4.42. The molecular weight excluding hydrogens is 210 g/mol. The van der Waals surface area contributed by atoms with E-state index in [9.17, 15) is 14.7 Å². The number of nitrogens with two attached hydrogens (primary N) is 1. The van der Waals surface area contributed by atoms with Crippen molar-refractivity contribution >= 4 is 18.3 Å². The number of ether oxygens (including phenoxy) is 1. The van der Waals surface area contributed by atoms with Crippen LogP contribution >= 0.6 is 0 Å². The highest BCUT2D eigenvalue weighted by Crippen LogP contribution is 2.32. The Morgan fingerprint density at radius 1 is 1.50 bits per heavy atom. The molecule has 84 valence electrons. The first-order valence-electron chi connectivity index (χ1n) is 4.42. The molecule has 0 unspecified atom stereocenters. The number of amides is 1. The number of aldehydes is 1. The third-order valence-electron chi connectivity index (χ3n) is 1.97. The summed E-state index contributed by atoms with van der Waals surface area (Å²) >= 11 is 0. The monoisotopic (exact) mass is 221 g/mol. The highest BCUT2D eigenvalue weighted by Gasteiger charge is 2.10. The van der Waals surface area contributed by atoms with Crippen molar-refractivity contribution in [3.05, 3.63) is 29.3 Å². The van der Waals surface area contributed by atoms with Crippen molar-refractivity contribution in [3.8, 4) is 11.5 Å². The molecule has 0 aliphatic rings. The van der Waals surface area contributed by atoms with Gasteiger partial charge in [0.2, 0.25) is 5.91 Å². The molecule has 1 aromatic rings. The van der Waals surface area contributed by atoms with Gasteiger partial charge in [0.1, 0.15) is 0 Å². The number of carbonyl (C=O) groups is 2. The van der Waals surface area contributed by atoms with Crippen LogP contribution in [0, 0.1) is 0 Å². The minimum atomic E-state index is -0.668. The average Bonchev–Trinajstić information content (AvgIpc) is 2.26. The van der Waals surface area contributed by atoms with E-state index in [0.717, 1.165) is 6.08 Å². The molecular formula is C11H11NO4. The number of hydrogen-bond donors (Lipinski definition) is 2.